The molecule has 1 heterocycles. The first-order valence-corrected chi connectivity index (χ1v) is 5.56. The molecule has 1 amide bonds. The largest absolute Gasteiger partial charge is 0.378 e. The smallest absolute Gasteiger partial charge is 0.251 e. The molecule has 0 atom stereocenters. The fraction of sp³-hybridized carbons (Fsp3) is 0.250. The molecule has 0 aliphatic rings. The minimum atomic E-state index is -0.130. The van der Waals surface area contributed by atoms with Crippen molar-refractivity contribution < 1.29 is 4.79 Å². The lowest BCUT2D eigenvalue weighted by Crippen LogP contribution is -2.23. The summed E-state index contributed by atoms with van der Waals surface area (Å²) in [5.41, 5.74) is 1.61. The van der Waals surface area contributed by atoms with Crippen LogP contribution in [0.25, 0.3) is 0 Å². The number of rotatable bonds is 4. The second-order valence-corrected chi connectivity index (χ2v) is 4.06. The molecule has 2 rings (SSSR count). The standard InChI is InChI=1S/C12H15N5O/c1-17(2)10-5-3-4-9(6-10)12(18)13-7-11-14-8-15-16-11/h3-6,8H,7H2,1-2H3,(H,13,18)(H,14,15,16). The molecule has 6 heteroatoms. The second kappa shape index (κ2) is 5.31. The van der Waals surface area contributed by atoms with Crippen LogP contribution in [0.5, 0.6) is 0 Å². The zero-order chi connectivity index (χ0) is 13.0. The average Bonchev–Trinajstić information content (AvgIpc) is 2.89. The summed E-state index contributed by atoms with van der Waals surface area (Å²) in [4.78, 5) is 17.8. The fourth-order valence-corrected chi connectivity index (χ4v) is 1.51. The molecule has 0 saturated carbocycles. The summed E-state index contributed by atoms with van der Waals surface area (Å²) in [5.74, 6) is 0.502. The van der Waals surface area contributed by atoms with Gasteiger partial charge in [0, 0.05) is 25.3 Å². The van der Waals surface area contributed by atoms with Crippen LogP contribution in [-0.2, 0) is 6.54 Å². The van der Waals surface area contributed by atoms with Gasteiger partial charge in [0.1, 0.15) is 12.2 Å². The van der Waals surface area contributed by atoms with Gasteiger partial charge in [-0.25, -0.2) is 4.98 Å². The van der Waals surface area contributed by atoms with Crippen LogP contribution in [0.1, 0.15) is 16.2 Å². The third-order valence-electron chi connectivity index (χ3n) is 2.51. The molecule has 0 unspecified atom stereocenters. The number of amides is 1. The van der Waals surface area contributed by atoms with Crippen LogP contribution in [0.15, 0.2) is 30.6 Å². The molecule has 6 nitrogen and oxygen atoms in total. The molecule has 0 radical (unpaired) electrons. The SMILES string of the molecule is CN(C)c1cccc(C(=O)NCc2ncn[nH]2)c1. The molecule has 18 heavy (non-hydrogen) atoms. The average molecular weight is 245 g/mol. The minimum absolute atomic E-state index is 0.130. The Morgan fingerprint density at radius 1 is 1.44 bits per heavy atom. The van der Waals surface area contributed by atoms with E-state index in [1.165, 1.54) is 6.33 Å². The number of carbonyl (C=O) groups is 1. The van der Waals surface area contributed by atoms with E-state index in [0.717, 1.165) is 5.69 Å². The molecule has 1 aromatic heterocycles. The molecule has 0 aliphatic heterocycles. The van der Waals surface area contributed by atoms with Gasteiger partial charge < -0.3 is 10.2 Å². The van der Waals surface area contributed by atoms with Crippen LogP contribution >= 0.6 is 0 Å². The van der Waals surface area contributed by atoms with Gasteiger partial charge >= 0.3 is 0 Å². The van der Waals surface area contributed by atoms with Gasteiger partial charge in [0.15, 0.2) is 0 Å². The van der Waals surface area contributed by atoms with E-state index < -0.39 is 0 Å². The van der Waals surface area contributed by atoms with Gasteiger partial charge in [-0.2, -0.15) is 5.10 Å². The molecule has 1 aromatic carbocycles. The van der Waals surface area contributed by atoms with Crippen molar-refractivity contribution in [2.45, 2.75) is 6.54 Å². The highest BCUT2D eigenvalue weighted by Gasteiger charge is 2.07. The van der Waals surface area contributed by atoms with Crippen LogP contribution in [0.3, 0.4) is 0 Å². The van der Waals surface area contributed by atoms with E-state index in [9.17, 15) is 4.79 Å². The number of aromatic nitrogens is 3. The third-order valence-corrected chi connectivity index (χ3v) is 2.51. The van der Waals surface area contributed by atoms with Gasteiger partial charge in [-0.15, -0.1) is 0 Å². The Morgan fingerprint density at radius 3 is 2.94 bits per heavy atom. The molecule has 0 spiro atoms. The first kappa shape index (κ1) is 12.1. The molecule has 2 N–H and O–H groups in total. The van der Waals surface area contributed by atoms with Crippen LogP contribution < -0.4 is 10.2 Å². The summed E-state index contributed by atoms with van der Waals surface area (Å²) in [6.45, 7) is 0.338. The molecule has 0 saturated heterocycles. The Labute approximate surface area is 105 Å². The molecule has 94 valence electrons. The number of anilines is 1. The topological polar surface area (TPSA) is 73.9 Å². The van der Waals surface area contributed by atoms with E-state index in [0.29, 0.717) is 17.9 Å². The van der Waals surface area contributed by atoms with E-state index in [1.807, 2.05) is 37.2 Å². The van der Waals surface area contributed by atoms with Gasteiger partial charge in [-0.05, 0) is 18.2 Å². The van der Waals surface area contributed by atoms with Crippen LogP contribution in [0, 0.1) is 0 Å². The van der Waals surface area contributed by atoms with Crippen molar-refractivity contribution in [1.29, 1.82) is 0 Å². The van der Waals surface area contributed by atoms with Crippen LogP contribution in [-0.4, -0.2) is 35.2 Å². The summed E-state index contributed by atoms with van der Waals surface area (Å²) < 4.78 is 0. The minimum Gasteiger partial charge on any atom is -0.378 e. The van der Waals surface area contributed by atoms with Gasteiger partial charge in [-0.3, -0.25) is 9.89 Å². The van der Waals surface area contributed by atoms with Gasteiger partial charge in [0.05, 0.1) is 6.54 Å². The molecule has 0 bridgehead atoms. The van der Waals surface area contributed by atoms with E-state index in [4.69, 9.17) is 0 Å². The van der Waals surface area contributed by atoms with Gasteiger partial charge in [-0.1, -0.05) is 6.07 Å². The fourth-order valence-electron chi connectivity index (χ4n) is 1.51. The first-order chi connectivity index (χ1) is 8.66. The second-order valence-electron chi connectivity index (χ2n) is 4.06. The van der Waals surface area contributed by atoms with Gasteiger partial charge in [0.25, 0.3) is 5.91 Å². The Balaban J connectivity index is 2.02. The maximum atomic E-state index is 11.9. The van der Waals surface area contributed by atoms with Crippen molar-refractivity contribution in [3.63, 3.8) is 0 Å². The van der Waals surface area contributed by atoms with Crippen molar-refractivity contribution in [2.24, 2.45) is 0 Å². The number of carbonyl (C=O) groups excluding carboxylic acids is 1. The number of nitrogens with zero attached hydrogens (tertiary/aromatic N) is 3. The maximum Gasteiger partial charge on any atom is 0.251 e. The lowest BCUT2D eigenvalue weighted by atomic mass is 10.2. The summed E-state index contributed by atoms with van der Waals surface area (Å²) in [5, 5.41) is 9.18. The van der Waals surface area contributed by atoms with E-state index in [-0.39, 0.29) is 5.91 Å². The first-order valence-electron chi connectivity index (χ1n) is 5.56. The van der Waals surface area contributed by atoms with Crippen LogP contribution in [0.4, 0.5) is 5.69 Å². The number of H-pyrrole nitrogens is 1. The van der Waals surface area contributed by atoms with E-state index in [1.54, 1.807) is 6.07 Å². The van der Waals surface area contributed by atoms with Crippen LogP contribution in [0.2, 0.25) is 0 Å². The Kier molecular flexibility index (Phi) is 3.57. The van der Waals surface area contributed by atoms with Crippen molar-refractivity contribution in [1.82, 2.24) is 20.5 Å². The van der Waals surface area contributed by atoms with Crippen molar-refractivity contribution in [3.05, 3.63) is 42.0 Å². The normalized spacial score (nSPS) is 10.1. The molecule has 0 fully saturated rings. The number of hydrogen-bond donors (Lipinski definition) is 2. The molecular formula is C12H15N5O. The predicted octanol–water partition coefficient (Wildman–Crippen LogP) is 0.801. The van der Waals surface area contributed by atoms with E-state index >= 15 is 0 Å². The summed E-state index contributed by atoms with van der Waals surface area (Å²) in [7, 11) is 3.87. The molecular weight excluding hydrogens is 230 g/mol. The lowest BCUT2D eigenvalue weighted by molar-refractivity contribution is 0.0950. The van der Waals surface area contributed by atoms with Crippen molar-refractivity contribution in [3.8, 4) is 0 Å². The highest BCUT2D eigenvalue weighted by atomic mass is 16.1. The lowest BCUT2D eigenvalue weighted by Gasteiger charge is -2.13. The number of aromatic amines is 1. The van der Waals surface area contributed by atoms with Crippen molar-refractivity contribution >= 4 is 11.6 Å². The highest BCUT2D eigenvalue weighted by molar-refractivity contribution is 5.95. The zero-order valence-electron chi connectivity index (χ0n) is 10.3. The molecule has 2 aromatic rings. The monoisotopic (exact) mass is 245 g/mol. The number of nitrogens with one attached hydrogen (secondary N) is 2. The number of benzene rings is 1. The summed E-state index contributed by atoms with van der Waals surface area (Å²) in [6.07, 6.45) is 1.41. The molecule has 0 aliphatic carbocycles. The quantitative estimate of drug-likeness (QED) is 0.835. The van der Waals surface area contributed by atoms with E-state index in [2.05, 4.69) is 20.5 Å². The maximum absolute atomic E-state index is 11.9. The highest BCUT2D eigenvalue weighted by Crippen LogP contribution is 2.13. The summed E-state index contributed by atoms with van der Waals surface area (Å²) >= 11 is 0. The predicted molar refractivity (Wildman–Crippen MR) is 68.3 cm³/mol. The van der Waals surface area contributed by atoms with Gasteiger partial charge in [0.2, 0.25) is 0 Å². The summed E-state index contributed by atoms with van der Waals surface area (Å²) in [6, 6.07) is 7.43. The number of hydrogen-bond acceptors (Lipinski definition) is 4. The Bertz CT molecular complexity index is 521. The Morgan fingerprint density at radius 2 is 2.28 bits per heavy atom. The third kappa shape index (κ3) is 2.85. The Hall–Kier alpha value is -2.37. The van der Waals surface area contributed by atoms with Crippen molar-refractivity contribution in [2.75, 3.05) is 19.0 Å². The zero-order valence-corrected chi connectivity index (χ0v) is 10.3.